The van der Waals surface area contributed by atoms with E-state index in [4.69, 9.17) is 0 Å². The van der Waals surface area contributed by atoms with E-state index in [1.165, 1.54) is 12.1 Å². The summed E-state index contributed by atoms with van der Waals surface area (Å²) in [5.41, 5.74) is -0.355. The van der Waals surface area contributed by atoms with Gasteiger partial charge in [0.2, 0.25) is 0 Å². The maximum atomic E-state index is 13.3. The summed E-state index contributed by atoms with van der Waals surface area (Å²) in [6.45, 7) is 3.90. The molecule has 18 heavy (non-hydrogen) atoms. The highest BCUT2D eigenvalue weighted by molar-refractivity contribution is 5.94. The Labute approximate surface area is 105 Å². The Hall–Kier alpha value is -1.49. The number of aliphatic hydroxyl groups excluding tert-OH is 1. The fourth-order valence-electron chi connectivity index (χ4n) is 1.61. The van der Waals surface area contributed by atoms with E-state index in [0.717, 1.165) is 6.07 Å². The lowest BCUT2D eigenvalue weighted by molar-refractivity contribution is 0.0895. The normalized spacial score (nSPS) is 12.6. The highest BCUT2D eigenvalue weighted by Gasteiger charge is 2.16. The molecule has 3 nitrogen and oxygen atoms in total. The second-order valence-corrected chi connectivity index (χ2v) is 4.59. The average molecular weight is 257 g/mol. The van der Waals surface area contributed by atoms with Gasteiger partial charge >= 0.3 is 0 Å². The van der Waals surface area contributed by atoms with Crippen molar-refractivity contribution >= 4 is 5.91 Å². The van der Waals surface area contributed by atoms with E-state index in [1.807, 2.05) is 13.8 Å². The highest BCUT2D eigenvalue weighted by Crippen LogP contribution is 2.11. The highest BCUT2D eigenvalue weighted by atomic mass is 19.2. The van der Waals surface area contributed by atoms with Crippen molar-refractivity contribution < 1.29 is 18.7 Å². The Kier molecular flexibility index (Phi) is 5.22. The first-order valence-corrected chi connectivity index (χ1v) is 5.82. The van der Waals surface area contributed by atoms with Gasteiger partial charge in [0.15, 0.2) is 11.6 Å². The molecular weight excluding hydrogens is 240 g/mol. The Morgan fingerprint density at radius 3 is 2.67 bits per heavy atom. The molecule has 0 saturated carbocycles. The molecule has 1 aromatic carbocycles. The number of hydrogen-bond donors (Lipinski definition) is 2. The monoisotopic (exact) mass is 257 g/mol. The summed E-state index contributed by atoms with van der Waals surface area (Å²) >= 11 is 0. The molecule has 1 atom stereocenters. The number of aliphatic hydroxyl groups is 1. The summed E-state index contributed by atoms with van der Waals surface area (Å²) in [6.07, 6.45) is -0.156. The van der Waals surface area contributed by atoms with Crippen LogP contribution in [0, 0.1) is 17.6 Å². The van der Waals surface area contributed by atoms with Crippen molar-refractivity contribution in [2.24, 2.45) is 5.92 Å². The van der Waals surface area contributed by atoms with Crippen LogP contribution in [0.25, 0.3) is 0 Å². The molecule has 0 aliphatic rings. The van der Waals surface area contributed by atoms with E-state index in [9.17, 15) is 18.7 Å². The molecule has 2 N–H and O–H groups in total. The first-order chi connectivity index (χ1) is 8.41. The van der Waals surface area contributed by atoms with Crippen LogP contribution < -0.4 is 5.32 Å². The first-order valence-electron chi connectivity index (χ1n) is 5.82. The Morgan fingerprint density at radius 2 is 2.06 bits per heavy atom. The molecule has 0 spiro atoms. The van der Waals surface area contributed by atoms with E-state index in [2.05, 4.69) is 5.32 Å². The van der Waals surface area contributed by atoms with Crippen LogP contribution in [-0.4, -0.2) is 23.7 Å². The first kappa shape index (κ1) is 14.6. The molecule has 0 heterocycles. The zero-order chi connectivity index (χ0) is 13.7. The Bertz CT molecular complexity index is 421. The lowest BCUT2D eigenvalue weighted by Gasteiger charge is -2.14. The molecule has 1 amide bonds. The summed E-state index contributed by atoms with van der Waals surface area (Å²) in [4.78, 5) is 11.6. The molecule has 1 aromatic rings. The molecule has 0 saturated heterocycles. The second-order valence-electron chi connectivity index (χ2n) is 4.59. The van der Waals surface area contributed by atoms with E-state index in [0.29, 0.717) is 12.3 Å². The van der Waals surface area contributed by atoms with Crippen molar-refractivity contribution in [3.05, 3.63) is 35.4 Å². The van der Waals surface area contributed by atoms with Gasteiger partial charge in [-0.15, -0.1) is 0 Å². The second kappa shape index (κ2) is 6.44. The molecular formula is C13H17F2NO2. The number of amides is 1. The van der Waals surface area contributed by atoms with Gasteiger partial charge in [-0.05, 0) is 24.5 Å². The van der Waals surface area contributed by atoms with Crippen LogP contribution in [0.3, 0.4) is 0 Å². The van der Waals surface area contributed by atoms with Gasteiger partial charge in [0.1, 0.15) is 0 Å². The van der Waals surface area contributed by atoms with Crippen LogP contribution in [0.2, 0.25) is 0 Å². The van der Waals surface area contributed by atoms with Crippen LogP contribution in [0.4, 0.5) is 8.78 Å². The Morgan fingerprint density at radius 1 is 1.39 bits per heavy atom. The van der Waals surface area contributed by atoms with Crippen molar-refractivity contribution in [2.45, 2.75) is 26.4 Å². The van der Waals surface area contributed by atoms with E-state index < -0.39 is 23.6 Å². The zero-order valence-corrected chi connectivity index (χ0v) is 10.4. The number of carbonyl (C=O) groups excluding carboxylic acids is 1. The molecule has 0 aliphatic carbocycles. The van der Waals surface area contributed by atoms with Crippen molar-refractivity contribution in [2.75, 3.05) is 6.54 Å². The number of nitrogens with one attached hydrogen (secondary N) is 1. The summed E-state index contributed by atoms with van der Waals surface area (Å²) in [7, 11) is 0. The summed E-state index contributed by atoms with van der Waals surface area (Å²) in [5, 5.41) is 11.9. The van der Waals surface area contributed by atoms with Crippen molar-refractivity contribution in [3.63, 3.8) is 0 Å². The molecule has 1 rings (SSSR count). The molecule has 5 heteroatoms. The van der Waals surface area contributed by atoms with Gasteiger partial charge < -0.3 is 10.4 Å². The minimum Gasteiger partial charge on any atom is -0.391 e. The SMILES string of the molecule is CC(C)CC(O)CNC(=O)c1cccc(F)c1F. The third-order valence-electron chi connectivity index (χ3n) is 2.44. The fraction of sp³-hybridized carbons (Fsp3) is 0.462. The van der Waals surface area contributed by atoms with Gasteiger partial charge in [-0.25, -0.2) is 8.78 Å². The van der Waals surface area contributed by atoms with Crippen LogP contribution in [0.15, 0.2) is 18.2 Å². The van der Waals surface area contributed by atoms with Gasteiger partial charge in [-0.3, -0.25) is 4.79 Å². The average Bonchev–Trinajstić information content (AvgIpc) is 2.29. The maximum absolute atomic E-state index is 13.3. The van der Waals surface area contributed by atoms with E-state index in [-0.39, 0.29) is 12.1 Å². The number of benzene rings is 1. The van der Waals surface area contributed by atoms with Crippen LogP contribution in [0.5, 0.6) is 0 Å². The molecule has 0 radical (unpaired) electrons. The molecule has 0 aromatic heterocycles. The number of rotatable bonds is 5. The molecule has 0 fully saturated rings. The largest absolute Gasteiger partial charge is 0.391 e. The topological polar surface area (TPSA) is 49.3 Å². The zero-order valence-electron chi connectivity index (χ0n) is 10.4. The predicted molar refractivity (Wildman–Crippen MR) is 64.2 cm³/mol. The minimum absolute atomic E-state index is 0.0208. The lowest BCUT2D eigenvalue weighted by Crippen LogP contribution is -2.33. The quantitative estimate of drug-likeness (QED) is 0.848. The molecule has 1 unspecified atom stereocenters. The lowest BCUT2D eigenvalue weighted by atomic mass is 10.1. The summed E-state index contributed by atoms with van der Waals surface area (Å²) in [6, 6.07) is 3.40. The molecule has 0 aliphatic heterocycles. The van der Waals surface area contributed by atoms with Crippen molar-refractivity contribution in [1.82, 2.24) is 5.32 Å². The number of hydrogen-bond acceptors (Lipinski definition) is 2. The summed E-state index contributed by atoms with van der Waals surface area (Å²) < 4.78 is 26.2. The fourth-order valence-corrected chi connectivity index (χ4v) is 1.61. The van der Waals surface area contributed by atoms with Crippen LogP contribution >= 0.6 is 0 Å². The number of carbonyl (C=O) groups is 1. The van der Waals surface area contributed by atoms with E-state index >= 15 is 0 Å². The van der Waals surface area contributed by atoms with Crippen LogP contribution in [0.1, 0.15) is 30.6 Å². The van der Waals surface area contributed by atoms with Crippen molar-refractivity contribution in [3.8, 4) is 0 Å². The third kappa shape index (κ3) is 4.07. The smallest absolute Gasteiger partial charge is 0.254 e. The van der Waals surface area contributed by atoms with Gasteiger partial charge in [0.25, 0.3) is 5.91 Å². The van der Waals surface area contributed by atoms with Gasteiger partial charge in [0.05, 0.1) is 11.7 Å². The van der Waals surface area contributed by atoms with Crippen LogP contribution in [-0.2, 0) is 0 Å². The van der Waals surface area contributed by atoms with Gasteiger partial charge in [-0.1, -0.05) is 19.9 Å². The molecule has 0 bridgehead atoms. The number of halogens is 2. The Balaban J connectivity index is 2.58. The molecule has 100 valence electrons. The summed E-state index contributed by atoms with van der Waals surface area (Å²) in [5.74, 6) is -2.67. The maximum Gasteiger partial charge on any atom is 0.254 e. The minimum atomic E-state index is -1.17. The standard InChI is InChI=1S/C13H17F2NO2/c1-8(2)6-9(17)7-16-13(18)10-4-3-5-11(14)12(10)15/h3-5,8-9,17H,6-7H2,1-2H3,(H,16,18). The van der Waals surface area contributed by atoms with Gasteiger partial charge in [0, 0.05) is 6.54 Å². The van der Waals surface area contributed by atoms with Gasteiger partial charge in [-0.2, -0.15) is 0 Å². The van der Waals surface area contributed by atoms with E-state index in [1.54, 1.807) is 0 Å². The van der Waals surface area contributed by atoms with Crippen molar-refractivity contribution in [1.29, 1.82) is 0 Å². The predicted octanol–water partition coefficient (Wildman–Crippen LogP) is 2.10. The third-order valence-corrected chi connectivity index (χ3v) is 2.44.